The zero-order chi connectivity index (χ0) is 11.3. The molecular weight excluding hydrogens is 229 g/mol. The van der Waals surface area contributed by atoms with Crippen molar-refractivity contribution < 1.29 is 17.9 Å². The summed E-state index contributed by atoms with van der Waals surface area (Å²) in [5.74, 6) is -0.0583. The van der Waals surface area contributed by atoms with Crippen molar-refractivity contribution in [3.05, 3.63) is 29.6 Å². The molecule has 0 N–H and O–H groups in total. The Balaban J connectivity index is 2.75. The van der Waals surface area contributed by atoms with E-state index in [0.717, 1.165) is 6.07 Å². The van der Waals surface area contributed by atoms with Crippen molar-refractivity contribution >= 4 is 11.6 Å². The van der Waals surface area contributed by atoms with Crippen molar-refractivity contribution in [2.24, 2.45) is 0 Å². The number of halogens is 4. The summed E-state index contributed by atoms with van der Waals surface area (Å²) in [5, 5.41) is 0. The van der Waals surface area contributed by atoms with Crippen molar-refractivity contribution in [2.45, 2.75) is 19.5 Å². The van der Waals surface area contributed by atoms with Gasteiger partial charge >= 0.3 is 6.61 Å². The standard InChI is InChI=1S/C10H10ClF3O/c11-5-1-2-7-6-8(15-10(13)14)3-4-9(7)12/h3-4,6,10H,1-2,5H2. The molecule has 0 spiro atoms. The molecule has 0 aliphatic heterocycles. The Bertz CT molecular complexity index is 318. The second-order valence-electron chi connectivity index (χ2n) is 2.92. The molecule has 0 amide bonds. The molecule has 1 aromatic rings. The fraction of sp³-hybridized carbons (Fsp3) is 0.400. The number of rotatable bonds is 5. The van der Waals surface area contributed by atoms with E-state index in [4.69, 9.17) is 11.6 Å². The second kappa shape index (κ2) is 5.85. The van der Waals surface area contributed by atoms with Crippen LogP contribution in [0.3, 0.4) is 0 Å². The minimum atomic E-state index is -2.89. The van der Waals surface area contributed by atoms with Gasteiger partial charge in [0.25, 0.3) is 0 Å². The van der Waals surface area contributed by atoms with Gasteiger partial charge in [0.1, 0.15) is 11.6 Å². The molecule has 0 bridgehead atoms. The summed E-state index contributed by atoms with van der Waals surface area (Å²) >= 11 is 5.45. The first kappa shape index (κ1) is 12.2. The molecule has 5 heteroatoms. The Labute approximate surface area is 90.8 Å². The molecule has 1 aromatic carbocycles. The van der Waals surface area contributed by atoms with Crippen molar-refractivity contribution in [1.29, 1.82) is 0 Å². The maximum absolute atomic E-state index is 13.1. The Kier molecular flexibility index (Phi) is 4.75. The maximum atomic E-state index is 13.1. The third-order valence-electron chi connectivity index (χ3n) is 1.82. The molecule has 0 saturated heterocycles. The summed E-state index contributed by atoms with van der Waals surface area (Å²) in [6, 6.07) is 3.56. The molecule has 0 unspecified atom stereocenters. The summed E-state index contributed by atoms with van der Waals surface area (Å²) in [6.07, 6.45) is 1.01. The highest BCUT2D eigenvalue weighted by molar-refractivity contribution is 6.17. The van der Waals surface area contributed by atoms with Gasteiger partial charge in [0, 0.05) is 5.88 Å². The van der Waals surface area contributed by atoms with Gasteiger partial charge in [0.2, 0.25) is 0 Å². The quantitative estimate of drug-likeness (QED) is 0.713. The maximum Gasteiger partial charge on any atom is 0.387 e. The second-order valence-corrected chi connectivity index (χ2v) is 3.30. The lowest BCUT2D eigenvalue weighted by atomic mass is 10.1. The van der Waals surface area contributed by atoms with Crippen LogP contribution < -0.4 is 4.74 Å². The van der Waals surface area contributed by atoms with Crippen molar-refractivity contribution in [3.8, 4) is 5.75 Å². The molecule has 84 valence electrons. The van der Waals surface area contributed by atoms with Gasteiger partial charge in [-0.25, -0.2) is 4.39 Å². The van der Waals surface area contributed by atoms with Gasteiger partial charge in [-0.2, -0.15) is 8.78 Å². The van der Waals surface area contributed by atoms with Crippen molar-refractivity contribution in [2.75, 3.05) is 5.88 Å². The lowest BCUT2D eigenvalue weighted by molar-refractivity contribution is -0.0499. The number of aryl methyl sites for hydroxylation is 1. The topological polar surface area (TPSA) is 9.23 Å². The smallest absolute Gasteiger partial charge is 0.387 e. The van der Waals surface area contributed by atoms with Crippen molar-refractivity contribution in [1.82, 2.24) is 0 Å². The molecule has 0 fully saturated rings. The summed E-state index contributed by atoms with van der Waals surface area (Å²) < 4.78 is 41.0. The molecule has 1 nitrogen and oxygen atoms in total. The van der Waals surface area contributed by atoms with E-state index in [1.165, 1.54) is 12.1 Å². The van der Waals surface area contributed by atoms with Crippen LogP contribution in [0.25, 0.3) is 0 Å². The van der Waals surface area contributed by atoms with Crippen LogP contribution in [-0.2, 0) is 6.42 Å². The van der Waals surface area contributed by atoms with E-state index in [1.807, 2.05) is 0 Å². The van der Waals surface area contributed by atoms with Gasteiger partial charge < -0.3 is 4.74 Å². The van der Waals surface area contributed by atoms with E-state index in [9.17, 15) is 13.2 Å². The lowest BCUT2D eigenvalue weighted by Crippen LogP contribution is -2.03. The van der Waals surface area contributed by atoms with Gasteiger partial charge in [-0.3, -0.25) is 0 Å². The predicted molar refractivity (Wildman–Crippen MR) is 52.1 cm³/mol. The average molecular weight is 239 g/mol. The molecule has 0 atom stereocenters. The van der Waals surface area contributed by atoms with Crippen LogP contribution in [0.15, 0.2) is 18.2 Å². The van der Waals surface area contributed by atoms with Crippen molar-refractivity contribution in [3.63, 3.8) is 0 Å². The molecular formula is C10H10ClF3O. The highest BCUT2D eigenvalue weighted by Gasteiger charge is 2.08. The normalized spacial score (nSPS) is 10.7. The van der Waals surface area contributed by atoms with Crippen LogP contribution in [0.2, 0.25) is 0 Å². The molecule has 0 radical (unpaired) electrons. The fourth-order valence-electron chi connectivity index (χ4n) is 1.18. The van der Waals surface area contributed by atoms with E-state index < -0.39 is 12.4 Å². The van der Waals surface area contributed by atoms with E-state index in [-0.39, 0.29) is 5.75 Å². The Morgan fingerprint density at radius 3 is 2.67 bits per heavy atom. The van der Waals surface area contributed by atoms with Crippen LogP contribution in [-0.4, -0.2) is 12.5 Å². The molecule has 15 heavy (non-hydrogen) atoms. The van der Waals surface area contributed by atoms with Gasteiger partial charge in [0.05, 0.1) is 0 Å². The summed E-state index contributed by atoms with van der Waals surface area (Å²) in [4.78, 5) is 0. The number of hydrogen-bond donors (Lipinski definition) is 0. The number of hydrogen-bond acceptors (Lipinski definition) is 1. The van der Waals surface area contributed by atoms with Gasteiger partial charge in [-0.05, 0) is 36.6 Å². The zero-order valence-corrected chi connectivity index (χ0v) is 8.61. The summed E-state index contributed by atoms with van der Waals surface area (Å²) in [5.41, 5.74) is 0.341. The zero-order valence-electron chi connectivity index (χ0n) is 7.85. The first-order valence-corrected chi connectivity index (χ1v) is 4.96. The first-order valence-electron chi connectivity index (χ1n) is 4.42. The highest BCUT2D eigenvalue weighted by Crippen LogP contribution is 2.20. The minimum Gasteiger partial charge on any atom is -0.435 e. The van der Waals surface area contributed by atoms with Gasteiger partial charge in [0.15, 0.2) is 0 Å². The number of ether oxygens (including phenoxy) is 1. The van der Waals surface area contributed by atoms with E-state index in [0.29, 0.717) is 24.3 Å². The fourth-order valence-corrected chi connectivity index (χ4v) is 1.31. The third kappa shape index (κ3) is 4.00. The van der Waals surface area contributed by atoms with Crippen LogP contribution >= 0.6 is 11.6 Å². The van der Waals surface area contributed by atoms with Crippen LogP contribution in [0.5, 0.6) is 5.75 Å². The third-order valence-corrected chi connectivity index (χ3v) is 2.09. The average Bonchev–Trinajstić information content (AvgIpc) is 2.18. The molecule has 0 aliphatic rings. The minimum absolute atomic E-state index is 0.0315. The lowest BCUT2D eigenvalue weighted by Gasteiger charge is -2.07. The number of alkyl halides is 3. The predicted octanol–water partition coefficient (Wildman–Crippen LogP) is 3.60. The molecule has 0 saturated carbocycles. The summed E-state index contributed by atoms with van der Waals surface area (Å²) in [6.45, 7) is -2.89. The van der Waals surface area contributed by atoms with E-state index in [1.54, 1.807) is 0 Å². The first-order chi connectivity index (χ1) is 7.13. The molecule has 0 aliphatic carbocycles. The Morgan fingerprint density at radius 2 is 2.07 bits per heavy atom. The van der Waals surface area contributed by atoms with Crippen LogP contribution in [0.4, 0.5) is 13.2 Å². The van der Waals surface area contributed by atoms with Gasteiger partial charge in [-0.1, -0.05) is 0 Å². The Hall–Kier alpha value is -0.900. The summed E-state index contributed by atoms with van der Waals surface area (Å²) in [7, 11) is 0. The van der Waals surface area contributed by atoms with Gasteiger partial charge in [-0.15, -0.1) is 11.6 Å². The highest BCUT2D eigenvalue weighted by atomic mass is 35.5. The molecule has 0 aromatic heterocycles. The SMILES string of the molecule is Fc1ccc(OC(F)F)cc1CCCCl. The van der Waals surface area contributed by atoms with Crippen LogP contribution in [0, 0.1) is 5.82 Å². The molecule has 1 rings (SSSR count). The van der Waals surface area contributed by atoms with E-state index >= 15 is 0 Å². The largest absolute Gasteiger partial charge is 0.435 e. The monoisotopic (exact) mass is 238 g/mol. The Morgan fingerprint density at radius 1 is 1.33 bits per heavy atom. The molecule has 0 heterocycles. The van der Waals surface area contributed by atoms with Crippen LogP contribution in [0.1, 0.15) is 12.0 Å². The number of benzene rings is 1. The van der Waals surface area contributed by atoms with E-state index in [2.05, 4.69) is 4.74 Å².